The average molecular weight is 240 g/mol. The van der Waals surface area contributed by atoms with Crippen molar-refractivity contribution in [2.24, 2.45) is 5.73 Å². The van der Waals surface area contributed by atoms with E-state index in [1.165, 1.54) is 16.9 Å². The summed E-state index contributed by atoms with van der Waals surface area (Å²) < 4.78 is 0. The van der Waals surface area contributed by atoms with E-state index in [9.17, 15) is 0 Å². The first-order chi connectivity index (χ1) is 8.72. The molecule has 2 N–H and O–H groups in total. The maximum atomic E-state index is 6.02. The van der Waals surface area contributed by atoms with E-state index in [2.05, 4.69) is 55.3 Å². The topological polar surface area (TPSA) is 29.3 Å². The predicted molar refractivity (Wildman–Crippen MR) is 78.2 cm³/mol. The summed E-state index contributed by atoms with van der Waals surface area (Å²) in [6.45, 7) is 2.11. The van der Waals surface area contributed by atoms with Crippen LogP contribution in [0, 0.1) is 0 Å². The second kappa shape index (κ2) is 5.69. The molecule has 0 aliphatic rings. The van der Waals surface area contributed by atoms with Gasteiger partial charge in [0.05, 0.1) is 0 Å². The fraction of sp³-hybridized carbons (Fsp3) is 0.250. The van der Waals surface area contributed by atoms with Crippen LogP contribution in [0.2, 0.25) is 0 Å². The molecule has 0 aliphatic heterocycles. The van der Waals surface area contributed by atoms with Crippen LogP contribution in [0.15, 0.2) is 54.6 Å². The van der Waals surface area contributed by atoms with Crippen LogP contribution in [0.5, 0.6) is 0 Å². The Morgan fingerprint density at radius 1 is 0.944 bits per heavy atom. The first-order valence-electron chi connectivity index (χ1n) is 6.36. The van der Waals surface area contributed by atoms with E-state index in [0.29, 0.717) is 0 Å². The third-order valence-electron chi connectivity index (χ3n) is 3.29. The van der Waals surface area contributed by atoms with Gasteiger partial charge in [-0.25, -0.2) is 0 Å². The molecule has 0 aliphatic carbocycles. The summed E-state index contributed by atoms with van der Waals surface area (Å²) in [5.41, 5.74) is 9.57. The Bertz CT molecular complexity index is 476. The fourth-order valence-corrected chi connectivity index (χ4v) is 1.98. The van der Waals surface area contributed by atoms with E-state index in [4.69, 9.17) is 5.73 Å². The number of anilines is 2. The van der Waals surface area contributed by atoms with Crippen molar-refractivity contribution >= 4 is 11.4 Å². The zero-order chi connectivity index (χ0) is 13.0. The van der Waals surface area contributed by atoms with Gasteiger partial charge in [-0.1, -0.05) is 37.3 Å². The van der Waals surface area contributed by atoms with Crippen molar-refractivity contribution < 1.29 is 0 Å². The Labute approximate surface area is 109 Å². The van der Waals surface area contributed by atoms with Gasteiger partial charge in [-0.05, 0) is 36.2 Å². The van der Waals surface area contributed by atoms with E-state index in [1.54, 1.807) is 0 Å². The van der Waals surface area contributed by atoms with Crippen molar-refractivity contribution in [2.45, 2.75) is 19.4 Å². The van der Waals surface area contributed by atoms with Gasteiger partial charge in [0.1, 0.15) is 0 Å². The first kappa shape index (κ1) is 12.7. The van der Waals surface area contributed by atoms with Crippen LogP contribution in [0.1, 0.15) is 24.9 Å². The van der Waals surface area contributed by atoms with E-state index in [1.807, 2.05) is 18.2 Å². The molecule has 0 saturated carbocycles. The molecule has 94 valence electrons. The number of hydrogen-bond donors (Lipinski definition) is 1. The first-order valence-corrected chi connectivity index (χ1v) is 6.36. The average Bonchev–Trinajstić information content (AvgIpc) is 2.47. The lowest BCUT2D eigenvalue weighted by Gasteiger charge is -2.20. The Hall–Kier alpha value is -1.80. The van der Waals surface area contributed by atoms with Crippen LogP contribution < -0.4 is 10.6 Å². The van der Waals surface area contributed by atoms with Crippen LogP contribution in [0.25, 0.3) is 0 Å². The van der Waals surface area contributed by atoms with E-state index >= 15 is 0 Å². The van der Waals surface area contributed by atoms with Crippen molar-refractivity contribution in [2.75, 3.05) is 11.9 Å². The smallest absolute Gasteiger partial charge is 0.0408 e. The summed E-state index contributed by atoms with van der Waals surface area (Å²) in [5, 5.41) is 0. The quantitative estimate of drug-likeness (QED) is 0.879. The molecule has 2 aromatic carbocycles. The highest BCUT2D eigenvalue weighted by atomic mass is 15.1. The number of rotatable bonds is 4. The van der Waals surface area contributed by atoms with Gasteiger partial charge >= 0.3 is 0 Å². The summed E-state index contributed by atoms with van der Waals surface area (Å²) in [6, 6.07) is 18.9. The molecule has 0 amide bonds. The zero-order valence-electron chi connectivity index (χ0n) is 11.0. The molecule has 0 saturated heterocycles. The number of benzene rings is 2. The minimum Gasteiger partial charge on any atom is -0.345 e. The molecule has 2 nitrogen and oxygen atoms in total. The lowest BCUT2D eigenvalue weighted by Crippen LogP contribution is -2.11. The molecule has 18 heavy (non-hydrogen) atoms. The molecule has 0 spiro atoms. The van der Waals surface area contributed by atoms with Crippen LogP contribution >= 0.6 is 0 Å². The van der Waals surface area contributed by atoms with Crippen LogP contribution in [-0.2, 0) is 0 Å². The van der Waals surface area contributed by atoms with E-state index < -0.39 is 0 Å². The molecule has 2 heteroatoms. The number of para-hydroxylation sites is 1. The third kappa shape index (κ3) is 2.71. The molecule has 0 heterocycles. The second-order valence-corrected chi connectivity index (χ2v) is 4.50. The van der Waals surface area contributed by atoms with Crippen LogP contribution in [0.4, 0.5) is 11.4 Å². The van der Waals surface area contributed by atoms with Gasteiger partial charge in [0.25, 0.3) is 0 Å². The van der Waals surface area contributed by atoms with Crippen molar-refractivity contribution in [3.63, 3.8) is 0 Å². The zero-order valence-corrected chi connectivity index (χ0v) is 11.0. The van der Waals surface area contributed by atoms with Gasteiger partial charge in [0.2, 0.25) is 0 Å². The molecule has 0 aromatic heterocycles. The fourth-order valence-electron chi connectivity index (χ4n) is 1.98. The molecule has 1 unspecified atom stereocenters. The van der Waals surface area contributed by atoms with E-state index in [-0.39, 0.29) is 6.04 Å². The van der Waals surface area contributed by atoms with Crippen molar-refractivity contribution in [1.82, 2.24) is 0 Å². The molecular formula is C16H20N2. The lowest BCUT2D eigenvalue weighted by atomic mass is 10.1. The van der Waals surface area contributed by atoms with Gasteiger partial charge in [-0.2, -0.15) is 0 Å². The maximum absolute atomic E-state index is 6.02. The largest absolute Gasteiger partial charge is 0.345 e. The van der Waals surface area contributed by atoms with Crippen LogP contribution in [0.3, 0.4) is 0 Å². The molecule has 0 fully saturated rings. The summed E-state index contributed by atoms with van der Waals surface area (Å²) >= 11 is 0. The molecular weight excluding hydrogens is 220 g/mol. The van der Waals surface area contributed by atoms with Gasteiger partial charge < -0.3 is 10.6 Å². The Morgan fingerprint density at radius 3 is 2.06 bits per heavy atom. The predicted octanol–water partition coefficient (Wildman–Crippen LogP) is 3.86. The number of hydrogen-bond acceptors (Lipinski definition) is 2. The molecule has 2 rings (SSSR count). The van der Waals surface area contributed by atoms with Gasteiger partial charge in [0, 0.05) is 24.5 Å². The monoisotopic (exact) mass is 240 g/mol. The highest BCUT2D eigenvalue weighted by molar-refractivity contribution is 5.62. The van der Waals surface area contributed by atoms with Gasteiger partial charge in [-0.15, -0.1) is 0 Å². The second-order valence-electron chi connectivity index (χ2n) is 4.50. The molecule has 0 bridgehead atoms. The Morgan fingerprint density at radius 2 is 1.50 bits per heavy atom. The number of nitrogens with zero attached hydrogens (tertiary/aromatic N) is 1. The molecule has 0 radical (unpaired) electrons. The molecule has 2 aromatic rings. The highest BCUT2D eigenvalue weighted by Crippen LogP contribution is 2.24. The van der Waals surface area contributed by atoms with Crippen LogP contribution in [-0.4, -0.2) is 7.05 Å². The standard InChI is InChI=1S/C16H20N2/c1-3-16(17)13-9-11-15(12-10-13)18(2)14-7-5-4-6-8-14/h4-12,16H,3,17H2,1-2H3. The van der Waals surface area contributed by atoms with Crippen molar-refractivity contribution in [3.05, 3.63) is 60.2 Å². The summed E-state index contributed by atoms with van der Waals surface area (Å²) in [4.78, 5) is 2.17. The SMILES string of the molecule is CCC(N)c1ccc(N(C)c2ccccc2)cc1. The summed E-state index contributed by atoms with van der Waals surface area (Å²) in [5.74, 6) is 0. The van der Waals surface area contributed by atoms with Crippen molar-refractivity contribution in [1.29, 1.82) is 0 Å². The third-order valence-corrected chi connectivity index (χ3v) is 3.29. The maximum Gasteiger partial charge on any atom is 0.0408 e. The highest BCUT2D eigenvalue weighted by Gasteiger charge is 2.05. The van der Waals surface area contributed by atoms with Gasteiger partial charge in [0.15, 0.2) is 0 Å². The molecule has 1 atom stereocenters. The lowest BCUT2D eigenvalue weighted by molar-refractivity contribution is 0.699. The minimum absolute atomic E-state index is 0.140. The summed E-state index contributed by atoms with van der Waals surface area (Å²) in [7, 11) is 2.07. The summed E-state index contributed by atoms with van der Waals surface area (Å²) in [6.07, 6.45) is 0.966. The normalized spacial score (nSPS) is 12.2. The Kier molecular flexibility index (Phi) is 4.00. The number of nitrogens with two attached hydrogens (primary N) is 1. The van der Waals surface area contributed by atoms with Gasteiger partial charge in [-0.3, -0.25) is 0 Å². The van der Waals surface area contributed by atoms with E-state index in [0.717, 1.165) is 6.42 Å². The Balaban J connectivity index is 2.19. The van der Waals surface area contributed by atoms with Crippen molar-refractivity contribution in [3.8, 4) is 0 Å². The minimum atomic E-state index is 0.140.